The van der Waals surface area contributed by atoms with Crippen LogP contribution in [-0.2, 0) is 4.79 Å². The predicted molar refractivity (Wildman–Crippen MR) is 76.6 cm³/mol. The second-order valence-electron chi connectivity index (χ2n) is 4.39. The fraction of sp³-hybridized carbons (Fsp3) is 0.0667. The number of benzene rings is 2. The zero-order valence-electron chi connectivity index (χ0n) is 10.4. The first-order valence-corrected chi connectivity index (χ1v) is 6.61. The first-order valence-electron chi connectivity index (χ1n) is 5.85. The molecule has 0 radical (unpaired) electrons. The third kappa shape index (κ3) is 1.82. The Labute approximate surface area is 125 Å². The van der Waals surface area contributed by atoms with Crippen molar-refractivity contribution in [1.82, 2.24) is 0 Å². The number of fused-ring (bicyclic) bond motifs is 3. The van der Waals surface area contributed by atoms with E-state index in [-0.39, 0.29) is 21.6 Å². The minimum Gasteiger partial charge on any atom is -0.425 e. The highest BCUT2D eigenvalue weighted by Gasteiger charge is 2.31. The van der Waals surface area contributed by atoms with Crippen LogP contribution >= 0.6 is 23.2 Å². The average molecular weight is 307 g/mol. The molecule has 0 fully saturated rings. The van der Waals surface area contributed by atoms with E-state index in [2.05, 4.69) is 0 Å². The lowest BCUT2D eigenvalue weighted by molar-refractivity contribution is -0.131. The lowest BCUT2D eigenvalue weighted by Gasteiger charge is -2.09. The Hall–Kier alpha value is -1.84. The smallest absolute Gasteiger partial charge is 0.308 e. The van der Waals surface area contributed by atoms with Crippen LogP contribution in [0.5, 0.6) is 5.75 Å². The van der Waals surface area contributed by atoms with E-state index in [1.807, 2.05) is 12.1 Å². The number of ketones is 1. The Morgan fingerprint density at radius 2 is 1.70 bits per heavy atom. The van der Waals surface area contributed by atoms with Crippen LogP contribution < -0.4 is 4.74 Å². The second kappa shape index (κ2) is 4.62. The van der Waals surface area contributed by atoms with E-state index in [0.717, 1.165) is 5.56 Å². The molecule has 5 heteroatoms. The highest BCUT2D eigenvalue weighted by atomic mass is 35.5. The normalized spacial score (nSPS) is 12.1. The zero-order chi connectivity index (χ0) is 14.4. The van der Waals surface area contributed by atoms with E-state index < -0.39 is 5.97 Å². The summed E-state index contributed by atoms with van der Waals surface area (Å²) in [6.07, 6.45) is 0. The minimum atomic E-state index is -0.500. The van der Waals surface area contributed by atoms with Crippen LogP contribution in [0, 0.1) is 0 Å². The molecule has 0 N–H and O–H groups in total. The molecular formula is C15H8Cl2O3. The van der Waals surface area contributed by atoms with E-state index in [1.54, 1.807) is 18.2 Å². The number of ether oxygens (including phenoxy) is 1. The van der Waals surface area contributed by atoms with Crippen molar-refractivity contribution in [3.05, 3.63) is 51.5 Å². The van der Waals surface area contributed by atoms with Crippen LogP contribution in [0.15, 0.2) is 30.3 Å². The molecule has 0 saturated carbocycles. The summed E-state index contributed by atoms with van der Waals surface area (Å²) in [5.41, 5.74) is 2.32. The third-order valence-corrected chi connectivity index (χ3v) is 3.97. The molecule has 2 aromatic rings. The van der Waals surface area contributed by atoms with Crippen LogP contribution in [0.25, 0.3) is 11.1 Å². The molecular weight excluding hydrogens is 299 g/mol. The SMILES string of the molecule is CC(=O)Oc1cc2c(c(Cl)c1Cl)C(=O)c1ccccc1-2. The van der Waals surface area contributed by atoms with Gasteiger partial charge >= 0.3 is 5.97 Å². The minimum absolute atomic E-state index is 0.0711. The molecule has 0 aliphatic heterocycles. The molecule has 1 aliphatic rings. The molecule has 0 amide bonds. The van der Waals surface area contributed by atoms with Gasteiger partial charge in [0.15, 0.2) is 11.5 Å². The summed E-state index contributed by atoms with van der Waals surface area (Å²) in [6, 6.07) is 8.74. The van der Waals surface area contributed by atoms with Crippen molar-refractivity contribution in [2.45, 2.75) is 6.92 Å². The van der Waals surface area contributed by atoms with Gasteiger partial charge in [0.2, 0.25) is 0 Å². The lowest BCUT2D eigenvalue weighted by atomic mass is 10.1. The molecule has 20 heavy (non-hydrogen) atoms. The maximum absolute atomic E-state index is 12.3. The monoisotopic (exact) mass is 306 g/mol. The molecule has 2 aromatic carbocycles. The Balaban J connectivity index is 2.30. The molecule has 0 heterocycles. The zero-order valence-corrected chi connectivity index (χ0v) is 11.9. The maximum atomic E-state index is 12.3. The summed E-state index contributed by atoms with van der Waals surface area (Å²) in [5, 5.41) is 0.184. The summed E-state index contributed by atoms with van der Waals surface area (Å²) >= 11 is 12.2. The van der Waals surface area contributed by atoms with Gasteiger partial charge in [-0.3, -0.25) is 9.59 Å². The lowest BCUT2D eigenvalue weighted by Crippen LogP contribution is -2.03. The second-order valence-corrected chi connectivity index (χ2v) is 5.15. The van der Waals surface area contributed by atoms with Crippen LogP contribution in [0.1, 0.15) is 22.8 Å². The van der Waals surface area contributed by atoms with E-state index in [4.69, 9.17) is 27.9 Å². The van der Waals surface area contributed by atoms with Gasteiger partial charge in [-0.25, -0.2) is 0 Å². The summed E-state index contributed by atoms with van der Waals surface area (Å²) in [6.45, 7) is 1.27. The Bertz CT molecular complexity index is 766. The summed E-state index contributed by atoms with van der Waals surface area (Å²) in [5.74, 6) is -0.509. The number of rotatable bonds is 1. The number of hydrogen-bond acceptors (Lipinski definition) is 3. The highest BCUT2D eigenvalue weighted by Crippen LogP contribution is 2.46. The molecule has 0 aromatic heterocycles. The first kappa shape index (κ1) is 13.2. The molecule has 3 rings (SSSR count). The van der Waals surface area contributed by atoms with Crippen LogP contribution in [0.4, 0.5) is 0 Å². The van der Waals surface area contributed by atoms with E-state index in [0.29, 0.717) is 16.7 Å². The van der Waals surface area contributed by atoms with Crippen molar-refractivity contribution < 1.29 is 14.3 Å². The van der Waals surface area contributed by atoms with Gasteiger partial charge in [0.1, 0.15) is 5.02 Å². The Morgan fingerprint density at radius 3 is 2.35 bits per heavy atom. The number of hydrogen-bond donors (Lipinski definition) is 0. The van der Waals surface area contributed by atoms with Crippen molar-refractivity contribution in [3.63, 3.8) is 0 Å². The fourth-order valence-corrected chi connectivity index (χ4v) is 2.79. The van der Waals surface area contributed by atoms with Gasteiger partial charge in [0, 0.05) is 12.5 Å². The van der Waals surface area contributed by atoms with E-state index >= 15 is 0 Å². The van der Waals surface area contributed by atoms with Gasteiger partial charge in [0.25, 0.3) is 0 Å². The van der Waals surface area contributed by atoms with Crippen molar-refractivity contribution in [3.8, 4) is 16.9 Å². The first-order chi connectivity index (χ1) is 9.50. The molecule has 1 aliphatic carbocycles. The van der Waals surface area contributed by atoms with Gasteiger partial charge in [-0.1, -0.05) is 47.5 Å². The average Bonchev–Trinajstić information content (AvgIpc) is 2.69. The third-order valence-electron chi connectivity index (χ3n) is 3.12. The number of carbonyl (C=O) groups is 2. The molecule has 0 spiro atoms. The van der Waals surface area contributed by atoms with Gasteiger partial charge in [-0.05, 0) is 17.2 Å². The quantitative estimate of drug-likeness (QED) is 0.501. The predicted octanol–water partition coefficient (Wildman–Crippen LogP) is 4.13. The topological polar surface area (TPSA) is 43.4 Å². The largest absolute Gasteiger partial charge is 0.425 e. The van der Waals surface area contributed by atoms with Crippen molar-refractivity contribution >= 4 is 35.0 Å². The van der Waals surface area contributed by atoms with Gasteiger partial charge in [0.05, 0.1) is 10.6 Å². The van der Waals surface area contributed by atoms with Gasteiger partial charge in [-0.15, -0.1) is 0 Å². The summed E-state index contributed by atoms with van der Waals surface area (Å²) in [4.78, 5) is 23.4. The Morgan fingerprint density at radius 1 is 1.05 bits per heavy atom. The number of carbonyl (C=O) groups excluding carboxylic acids is 2. The van der Waals surface area contributed by atoms with Crippen LogP contribution in [0.3, 0.4) is 0 Å². The van der Waals surface area contributed by atoms with Gasteiger partial charge in [-0.2, -0.15) is 0 Å². The molecule has 0 bridgehead atoms. The van der Waals surface area contributed by atoms with Crippen molar-refractivity contribution in [2.75, 3.05) is 0 Å². The number of halogens is 2. The van der Waals surface area contributed by atoms with Crippen molar-refractivity contribution in [2.24, 2.45) is 0 Å². The molecule has 100 valence electrons. The highest BCUT2D eigenvalue weighted by molar-refractivity contribution is 6.46. The number of esters is 1. The molecule has 0 saturated heterocycles. The van der Waals surface area contributed by atoms with E-state index in [1.165, 1.54) is 6.92 Å². The fourth-order valence-electron chi connectivity index (χ4n) is 2.32. The molecule has 0 atom stereocenters. The van der Waals surface area contributed by atoms with Crippen LogP contribution in [-0.4, -0.2) is 11.8 Å². The summed E-state index contributed by atoms with van der Waals surface area (Å²) in [7, 11) is 0. The standard InChI is InChI=1S/C15H8Cl2O3/c1-7(18)20-11-6-10-8-4-2-3-5-9(8)15(19)12(10)14(17)13(11)16/h2-6H,1H3. The maximum Gasteiger partial charge on any atom is 0.308 e. The van der Waals surface area contributed by atoms with E-state index in [9.17, 15) is 9.59 Å². The molecule has 0 unspecified atom stereocenters. The summed E-state index contributed by atoms with van der Waals surface area (Å²) < 4.78 is 5.03. The van der Waals surface area contributed by atoms with Crippen LogP contribution in [0.2, 0.25) is 10.0 Å². The Kier molecular flexibility index (Phi) is 3.04. The van der Waals surface area contributed by atoms with Crippen molar-refractivity contribution in [1.29, 1.82) is 0 Å². The van der Waals surface area contributed by atoms with Gasteiger partial charge < -0.3 is 4.74 Å². The molecule has 3 nitrogen and oxygen atoms in total.